The molecule has 0 saturated heterocycles. The van der Waals surface area contributed by atoms with E-state index in [2.05, 4.69) is 17.0 Å². The fourth-order valence-electron chi connectivity index (χ4n) is 0.987. The minimum Gasteiger partial charge on any atom is -0.383 e. The average molecular weight is 216 g/mol. The Balaban J connectivity index is 2.41. The smallest absolute Gasteiger partial charge is 0.177 e. The van der Waals surface area contributed by atoms with Gasteiger partial charge in [-0.15, -0.1) is 0 Å². The lowest BCUT2D eigenvalue weighted by Crippen LogP contribution is -2.09. The zero-order valence-electron chi connectivity index (χ0n) is 9.66. The van der Waals surface area contributed by atoms with Gasteiger partial charge in [0, 0.05) is 12.1 Å². The van der Waals surface area contributed by atoms with Crippen molar-refractivity contribution < 1.29 is 4.84 Å². The Labute approximate surface area is 96.3 Å². The second-order valence-corrected chi connectivity index (χ2v) is 3.47. The molecule has 3 nitrogen and oxygen atoms in total. The summed E-state index contributed by atoms with van der Waals surface area (Å²) in [5.74, 6) is 5.87. The Morgan fingerprint density at radius 1 is 1.38 bits per heavy atom. The normalized spacial score (nSPS) is 10.6. The predicted octanol–water partition coefficient (Wildman–Crippen LogP) is 1.70. The summed E-state index contributed by atoms with van der Waals surface area (Å²) >= 11 is 0. The lowest BCUT2D eigenvalue weighted by Gasteiger charge is -1.94. The van der Waals surface area contributed by atoms with Crippen LogP contribution in [0.2, 0.25) is 0 Å². The van der Waals surface area contributed by atoms with Gasteiger partial charge in [0.05, 0.1) is 5.71 Å². The van der Waals surface area contributed by atoms with Crippen LogP contribution in [-0.4, -0.2) is 18.9 Å². The van der Waals surface area contributed by atoms with Gasteiger partial charge in [0.2, 0.25) is 0 Å². The first-order chi connectivity index (χ1) is 7.72. The molecule has 2 N–H and O–H groups in total. The third-order valence-electron chi connectivity index (χ3n) is 1.94. The summed E-state index contributed by atoms with van der Waals surface area (Å²) in [5.41, 5.74) is 8.31. The molecule has 0 fully saturated rings. The first-order valence-corrected chi connectivity index (χ1v) is 5.13. The van der Waals surface area contributed by atoms with E-state index in [1.54, 1.807) is 0 Å². The summed E-state index contributed by atoms with van der Waals surface area (Å²) in [6.45, 7) is 4.55. The molecule has 0 saturated carbocycles. The van der Waals surface area contributed by atoms with Gasteiger partial charge >= 0.3 is 0 Å². The number of hydrogen-bond acceptors (Lipinski definition) is 3. The summed E-state index contributed by atoms with van der Waals surface area (Å²) in [6.07, 6.45) is 0. The zero-order valence-corrected chi connectivity index (χ0v) is 9.66. The Morgan fingerprint density at radius 2 is 2.06 bits per heavy atom. The van der Waals surface area contributed by atoms with Crippen molar-refractivity contribution in [1.82, 2.24) is 0 Å². The van der Waals surface area contributed by atoms with Crippen molar-refractivity contribution in [2.24, 2.45) is 10.9 Å². The van der Waals surface area contributed by atoms with Crippen LogP contribution in [0.1, 0.15) is 18.1 Å². The highest BCUT2D eigenvalue weighted by Crippen LogP contribution is 2.00. The molecule has 1 aromatic carbocycles. The fourth-order valence-corrected chi connectivity index (χ4v) is 0.987. The number of benzene rings is 1. The number of nitrogens with two attached hydrogens (primary N) is 1. The largest absolute Gasteiger partial charge is 0.383 e. The maximum atomic E-state index is 5.35. The van der Waals surface area contributed by atoms with E-state index in [0.717, 1.165) is 11.3 Å². The van der Waals surface area contributed by atoms with E-state index in [1.807, 2.05) is 38.1 Å². The SMILES string of the molecule is C/C(CN)=N\OCC#Cc1ccc(C)cc1. The molecular weight excluding hydrogens is 200 g/mol. The topological polar surface area (TPSA) is 47.6 Å². The number of nitrogens with zero attached hydrogens (tertiary/aromatic N) is 1. The van der Waals surface area contributed by atoms with Gasteiger partial charge in [-0.3, -0.25) is 0 Å². The minimum atomic E-state index is 0.283. The molecule has 0 aliphatic heterocycles. The van der Waals surface area contributed by atoms with Crippen LogP contribution < -0.4 is 5.73 Å². The van der Waals surface area contributed by atoms with Crippen LogP contribution >= 0.6 is 0 Å². The molecule has 0 amide bonds. The van der Waals surface area contributed by atoms with Crippen molar-refractivity contribution >= 4 is 5.71 Å². The summed E-state index contributed by atoms with van der Waals surface area (Å²) in [7, 11) is 0. The van der Waals surface area contributed by atoms with Gasteiger partial charge < -0.3 is 10.6 Å². The molecule has 0 aliphatic carbocycles. The number of hydrogen-bond donors (Lipinski definition) is 1. The Hall–Kier alpha value is -1.79. The van der Waals surface area contributed by atoms with Gasteiger partial charge in [-0.25, -0.2) is 0 Å². The van der Waals surface area contributed by atoms with E-state index in [1.165, 1.54) is 5.56 Å². The third-order valence-corrected chi connectivity index (χ3v) is 1.94. The highest BCUT2D eigenvalue weighted by molar-refractivity contribution is 5.83. The van der Waals surface area contributed by atoms with Crippen LogP contribution in [-0.2, 0) is 4.84 Å². The molecule has 3 heteroatoms. The van der Waals surface area contributed by atoms with E-state index in [-0.39, 0.29) is 6.61 Å². The standard InChI is InChI=1S/C13H16N2O/c1-11-5-7-13(8-6-11)4-3-9-16-15-12(2)10-14/h5-8H,9-10,14H2,1-2H3/b15-12+. The maximum Gasteiger partial charge on any atom is 0.177 e. The van der Waals surface area contributed by atoms with Crippen molar-refractivity contribution in [3.63, 3.8) is 0 Å². The van der Waals surface area contributed by atoms with E-state index in [9.17, 15) is 0 Å². The van der Waals surface area contributed by atoms with E-state index < -0.39 is 0 Å². The summed E-state index contributed by atoms with van der Waals surface area (Å²) in [6, 6.07) is 8.02. The summed E-state index contributed by atoms with van der Waals surface area (Å²) in [5, 5.41) is 3.78. The molecule has 1 rings (SSSR count). The summed E-state index contributed by atoms with van der Waals surface area (Å²) < 4.78 is 0. The van der Waals surface area contributed by atoms with Crippen molar-refractivity contribution in [3.8, 4) is 11.8 Å². The van der Waals surface area contributed by atoms with E-state index in [0.29, 0.717) is 6.54 Å². The molecule has 0 bridgehead atoms. The number of oxime groups is 1. The molecule has 0 aromatic heterocycles. The molecule has 0 aliphatic rings. The zero-order chi connectivity index (χ0) is 11.8. The van der Waals surface area contributed by atoms with Crippen LogP contribution in [0.3, 0.4) is 0 Å². The molecular formula is C13H16N2O. The first kappa shape index (κ1) is 12.3. The highest BCUT2D eigenvalue weighted by Gasteiger charge is 1.86. The minimum absolute atomic E-state index is 0.283. The van der Waals surface area contributed by atoms with Gasteiger partial charge in [-0.2, -0.15) is 0 Å². The van der Waals surface area contributed by atoms with Gasteiger partial charge in [-0.1, -0.05) is 34.7 Å². The van der Waals surface area contributed by atoms with Crippen LogP contribution in [0.25, 0.3) is 0 Å². The summed E-state index contributed by atoms with van der Waals surface area (Å²) in [4.78, 5) is 4.97. The Bertz CT molecular complexity index is 410. The number of aryl methyl sites for hydroxylation is 1. The second-order valence-electron chi connectivity index (χ2n) is 3.47. The fraction of sp³-hybridized carbons (Fsp3) is 0.308. The van der Waals surface area contributed by atoms with Crippen LogP contribution in [0.5, 0.6) is 0 Å². The van der Waals surface area contributed by atoms with Crippen LogP contribution in [0.15, 0.2) is 29.4 Å². The molecule has 1 aromatic rings. The van der Waals surface area contributed by atoms with Gasteiger partial charge in [0.25, 0.3) is 0 Å². The van der Waals surface area contributed by atoms with Crippen LogP contribution in [0, 0.1) is 18.8 Å². The van der Waals surface area contributed by atoms with Gasteiger partial charge in [0.1, 0.15) is 0 Å². The quantitative estimate of drug-likeness (QED) is 0.362. The lowest BCUT2D eigenvalue weighted by atomic mass is 10.2. The van der Waals surface area contributed by atoms with Crippen molar-refractivity contribution in [1.29, 1.82) is 0 Å². The van der Waals surface area contributed by atoms with Crippen LogP contribution in [0.4, 0.5) is 0 Å². The van der Waals surface area contributed by atoms with Crippen molar-refractivity contribution in [2.75, 3.05) is 13.2 Å². The van der Waals surface area contributed by atoms with E-state index in [4.69, 9.17) is 10.6 Å². The monoisotopic (exact) mass is 216 g/mol. The lowest BCUT2D eigenvalue weighted by molar-refractivity contribution is 0.179. The third kappa shape index (κ3) is 4.63. The Kier molecular flexibility index (Phi) is 5.10. The molecule has 16 heavy (non-hydrogen) atoms. The maximum absolute atomic E-state index is 5.35. The van der Waals surface area contributed by atoms with Crippen molar-refractivity contribution in [2.45, 2.75) is 13.8 Å². The van der Waals surface area contributed by atoms with Gasteiger partial charge in [0.15, 0.2) is 6.61 Å². The molecule has 0 spiro atoms. The molecule has 0 heterocycles. The second kappa shape index (κ2) is 6.65. The Morgan fingerprint density at radius 3 is 2.69 bits per heavy atom. The predicted molar refractivity (Wildman–Crippen MR) is 66.2 cm³/mol. The van der Waals surface area contributed by atoms with E-state index >= 15 is 0 Å². The molecule has 0 atom stereocenters. The molecule has 0 radical (unpaired) electrons. The highest BCUT2D eigenvalue weighted by atomic mass is 16.6. The first-order valence-electron chi connectivity index (χ1n) is 5.13. The molecule has 0 unspecified atom stereocenters. The van der Waals surface area contributed by atoms with Gasteiger partial charge in [-0.05, 0) is 26.0 Å². The molecule has 84 valence electrons. The van der Waals surface area contributed by atoms with Crippen molar-refractivity contribution in [3.05, 3.63) is 35.4 Å². The average Bonchev–Trinajstić information content (AvgIpc) is 2.31. The number of rotatable bonds is 3.